The molecule has 0 spiro atoms. The lowest BCUT2D eigenvalue weighted by atomic mass is 10.2. The average molecular weight is 445 g/mol. The standard InChI is InChI=1S/C23H28N2O3S2/c1-18-6-5-7-19(14-18)16-29-17-23(26)25-13-10-20-15-21(8-9-22(20)25)30(27,28)24-11-3-2-4-12-24/h5-9,14-15H,2-4,10-13,16-17H2,1H3. The molecule has 1 amide bonds. The van der Waals surface area contributed by atoms with Crippen LogP contribution in [0.4, 0.5) is 5.69 Å². The van der Waals surface area contributed by atoms with Gasteiger partial charge in [-0.2, -0.15) is 4.31 Å². The smallest absolute Gasteiger partial charge is 0.243 e. The van der Waals surface area contributed by atoms with E-state index in [0.717, 1.165) is 36.3 Å². The minimum absolute atomic E-state index is 0.0815. The molecule has 30 heavy (non-hydrogen) atoms. The zero-order valence-electron chi connectivity index (χ0n) is 17.3. The van der Waals surface area contributed by atoms with Crippen LogP contribution in [-0.4, -0.2) is 44.0 Å². The molecule has 160 valence electrons. The van der Waals surface area contributed by atoms with E-state index in [4.69, 9.17) is 0 Å². The number of rotatable bonds is 6. The molecule has 4 rings (SSSR count). The summed E-state index contributed by atoms with van der Waals surface area (Å²) in [6, 6.07) is 13.6. The van der Waals surface area contributed by atoms with Crippen molar-refractivity contribution in [2.24, 2.45) is 0 Å². The van der Waals surface area contributed by atoms with E-state index in [1.807, 2.05) is 12.1 Å². The van der Waals surface area contributed by atoms with Gasteiger partial charge in [0.05, 0.1) is 10.6 Å². The van der Waals surface area contributed by atoms with Gasteiger partial charge in [0, 0.05) is 31.1 Å². The second-order valence-electron chi connectivity index (χ2n) is 8.03. The van der Waals surface area contributed by atoms with Crippen LogP contribution in [0.15, 0.2) is 47.4 Å². The van der Waals surface area contributed by atoms with Crippen LogP contribution < -0.4 is 4.90 Å². The summed E-state index contributed by atoms with van der Waals surface area (Å²) in [6.07, 6.45) is 3.64. The maximum atomic E-state index is 12.9. The minimum Gasteiger partial charge on any atom is -0.311 e. The summed E-state index contributed by atoms with van der Waals surface area (Å²) >= 11 is 1.62. The number of hydrogen-bond acceptors (Lipinski definition) is 4. The Labute approximate surface area is 183 Å². The summed E-state index contributed by atoms with van der Waals surface area (Å²) in [7, 11) is -3.44. The Kier molecular flexibility index (Phi) is 6.51. The molecule has 0 radical (unpaired) electrons. The molecular weight excluding hydrogens is 416 g/mol. The highest BCUT2D eigenvalue weighted by Crippen LogP contribution is 2.32. The van der Waals surface area contributed by atoms with Gasteiger partial charge >= 0.3 is 0 Å². The zero-order chi connectivity index (χ0) is 21.1. The number of fused-ring (bicyclic) bond motifs is 1. The van der Waals surface area contributed by atoms with E-state index in [-0.39, 0.29) is 5.91 Å². The quantitative estimate of drug-likeness (QED) is 0.676. The fourth-order valence-electron chi connectivity index (χ4n) is 4.19. The van der Waals surface area contributed by atoms with Gasteiger partial charge in [0.2, 0.25) is 15.9 Å². The lowest BCUT2D eigenvalue weighted by molar-refractivity contribution is -0.116. The number of piperidine rings is 1. The van der Waals surface area contributed by atoms with Crippen molar-refractivity contribution in [3.05, 3.63) is 59.2 Å². The van der Waals surface area contributed by atoms with Crippen LogP contribution in [0.3, 0.4) is 0 Å². The first-order chi connectivity index (χ1) is 14.4. The fourth-order valence-corrected chi connectivity index (χ4v) is 6.60. The Morgan fingerprint density at radius 3 is 2.60 bits per heavy atom. The van der Waals surface area contributed by atoms with Crippen molar-refractivity contribution >= 4 is 33.4 Å². The Morgan fingerprint density at radius 1 is 1.03 bits per heavy atom. The third kappa shape index (κ3) is 4.58. The van der Waals surface area contributed by atoms with Crippen LogP contribution in [0.2, 0.25) is 0 Å². The van der Waals surface area contributed by atoms with Crippen molar-refractivity contribution in [1.82, 2.24) is 4.31 Å². The van der Waals surface area contributed by atoms with Crippen LogP contribution in [0.1, 0.15) is 36.0 Å². The van der Waals surface area contributed by atoms with Crippen molar-refractivity contribution in [3.8, 4) is 0 Å². The summed E-state index contributed by atoms with van der Waals surface area (Å²) in [6.45, 7) is 3.89. The number of carbonyl (C=O) groups excluding carboxylic acids is 1. The molecule has 0 aliphatic carbocycles. The van der Waals surface area contributed by atoms with Crippen molar-refractivity contribution in [3.63, 3.8) is 0 Å². The molecule has 2 aromatic carbocycles. The minimum atomic E-state index is -3.44. The van der Waals surface area contributed by atoms with Gasteiger partial charge in [-0.05, 0) is 55.5 Å². The molecule has 2 heterocycles. The molecule has 1 fully saturated rings. The molecule has 0 atom stereocenters. The second-order valence-corrected chi connectivity index (χ2v) is 11.0. The summed E-state index contributed by atoms with van der Waals surface area (Å²) in [5.74, 6) is 1.31. The highest BCUT2D eigenvalue weighted by Gasteiger charge is 2.29. The van der Waals surface area contributed by atoms with E-state index in [1.54, 1.807) is 33.1 Å². The number of anilines is 1. The van der Waals surface area contributed by atoms with Gasteiger partial charge in [-0.3, -0.25) is 4.79 Å². The number of aryl methyl sites for hydroxylation is 1. The van der Waals surface area contributed by atoms with Gasteiger partial charge in [-0.15, -0.1) is 11.8 Å². The van der Waals surface area contributed by atoms with Crippen LogP contribution in [0.25, 0.3) is 0 Å². The predicted molar refractivity (Wildman–Crippen MR) is 122 cm³/mol. The molecule has 0 unspecified atom stereocenters. The Morgan fingerprint density at radius 2 is 1.83 bits per heavy atom. The Hall–Kier alpha value is -1.83. The summed E-state index contributed by atoms with van der Waals surface area (Å²) in [5, 5.41) is 0. The number of nitrogens with zero attached hydrogens (tertiary/aromatic N) is 2. The third-order valence-corrected chi connectivity index (χ3v) is 8.66. The summed E-state index contributed by atoms with van der Waals surface area (Å²) in [4.78, 5) is 14.9. The van der Waals surface area contributed by atoms with Crippen LogP contribution in [0, 0.1) is 6.92 Å². The summed E-state index contributed by atoms with van der Waals surface area (Å²) in [5.41, 5.74) is 4.25. The fraction of sp³-hybridized carbons (Fsp3) is 0.435. The van der Waals surface area contributed by atoms with E-state index in [0.29, 0.717) is 36.7 Å². The first-order valence-corrected chi connectivity index (χ1v) is 13.1. The molecule has 7 heteroatoms. The van der Waals surface area contributed by atoms with Gasteiger partial charge in [-0.25, -0.2) is 8.42 Å². The Balaban J connectivity index is 1.41. The number of amides is 1. The highest BCUT2D eigenvalue weighted by atomic mass is 32.2. The number of carbonyl (C=O) groups is 1. The van der Waals surface area contributed by atoms with E-state index in [9.17, 15) is 13.2 Å². The van der Waals surface area contributed by atoms with Crippen molar-refractivity contribution in [2.75, 3.05) is 30.3 Å². The number of thioether (sulfide) groups is 1. The predicted octanol–water partition coefficient (Wildman–Crippen LogP) is 3.99. The van der Waals surface area contributed by atoms with E-state index in [1.165, 1.54) is 11.1 Å². The zero-order valence-corrected chi connectivity index (χ0v) is 19.0. The maximum absolute atomic E-state index is 12.9. The topological polar surface area (TPSA) is 57.7 Å². The van der Waals surface area contributed by atoms with Gasteiger partial charge in [0.15, 0.2) is 0 Å². The second kappa shape index (κ2) is 9.12. The Bertz CT molecular complexity index is 1030. The largest absolute Gasteiger partial charge is 0.311 e. The van der Waals surface area contributed by atoms with Crippen LogP contribution in [0.5, 0.6) is 0 Å². The number of benzene rings is 2. The number of sulfonamides is 1. The monoisotopic (exact) mass is 444 g/mol. The average Bonchev–Trinajstić information content (AvgIpc) is 3.18. The van der Waals surface area contributed by atoms with Crippen molar-refractivity contribution in [2.45, 2.75) is 43.3 Å². The van der Waals surface area contributed by atoms with E-state index < -0.39 is 10.0 Å². The number of hydrogen-bond donors (Lipinski definition) is 0. The highest BCUT2D eigenvalue weighted by molar-refractivity contribution is 7.99. The van der Waals surface area contributed by atoms with Crippen molar-refractivity contribution in [1.29, 1.82) is 0 Å². The lowest BCUT2D eigenvalue weighted by Crippen LogP contribution is -2.35. The lowest BCUT2D eigenvalue weighted by Gasteiger charge is -2.26. The van der Waals surface area contributed by atoms with Gasteiger partial charge in [0.25, 0.3) is 0 Å². The summed E-state index contributed by atoms with van der Waals surface area (Å²) < 4.78 is 27.5. The molecule has 5 nitrogen and oxygen atoms in total. The SMILES string of the molecule is Cc1cccc(CSCC(=O)N2CCc3cc(S(=O)(=O)N4CCCCC4)ccc32)c1. The molecule has 0 aromatic heterocycles. The van der Waals surface area contributed by atoms with Crippen LogP contribution in [-0.2, 0) is 27.0 Å². The normalized spacial score (nSPS) is 17.2. The molecule has 0 N–H and O–H groups in total. The maximum Gasteiger partial charge on any atom is 0.243 e. The third-order valence-electron chi connectivity index (χ3n) is 5.78. The van der Waals surface area contributed by atoms with Gasteiger partial charge in [0.1, 0.15) is 0 Å². The first-order valence-electron chi connectivity index (χ1n) is 10.5. The molecule has 0 saturated carbocycles. The van der Waals surface area contributed by atoms with Crippen LogP contribution >= 0.6 is 11.8 Å². The van der Waals surface area contributed by atoms with Crippen molar-refractivity contribution < 1.29 is 13.2 Å². The first kappa shape index (κ1) is 21.4. The molecule has 2 aliphatic heterocycles. The molecule has 1 saturated heterocycles. The molecule has 2 aliphatic rings. The van der Waals surface area contributed by atoms with Gasteiger partial charge in [-0.1, -0.05) is 36.2 Å². The van der Waals surface area contributed by atoms with E-state index >= 15 is 0 Å². The molecular formula is C23H28N2O3S2. The molecule has 0 bridgehead atoms. The molecule has 2 aromatic rings. The van der Waals surface area contributed by atoms with E-state index in [2.05, 4.69) is 25.1 Å². The van der Waals surface area contributed by atoms with Gasteiger partial charge < -0.3 is 4.90 Å².